The second-order valence-electron chi connectivity index (χ2n) is 2.47. The average molecular weight is 276 g/mol. The van der Waals surface area contributed by atoms with Crippen LogP contribution in [0.25, 0.3) is 0 Å². The summed E-state index contributed by atoms with van der Waals surface area (Å²) in [4.78, 5) is 0. The standard InChI is InChI=1S/C6H12Cl2N3O3P/c7-1-3-13-15(12,14-4-2-8)6-5-9-11-10-6/h5,9-11H,1-4H2. The second kappa shape index (κ2) is 6.58. The molecule has 0 bridgehead atoms. The van der Waals surface area contributed by atoms with Gasteiger partial charge in [0.2, 0.25) is 0 Å². The predicted molar refractivity (Wildman–Crippen MR) is 58.4 cm³/mol. The third-order valence-corrected chi connectivity index (χ3v) is 3.63. The molecule has 1 aliphatic rings. The van der Waals surface area contributed by atoms with Crippen LogP contribution in [0.5, 0.6) is 0 Å². The Morgan fingerprint density at radius 3 is 2.27 bits per heavy atom. The molecule has 3 N–H and O–H groups in total. The maximum Gasteiger partial charge on any atom is 0.380 e. The normalized spacial score (nSPS) is 15.7. The fourth-order valence-corrected chi connectivity index (χ4v) is 2.67. The first-order valence-electron chi connectivity index (χ1n) is 4.21. The number of nitrogens with one attached hydrogen (secondary N) is 3. The molecule has 0 saturated carbocycles. The van der Waals surface area contributed by atoms with Crippen molar-refractivity contribution in [2.75, 3.05) is 25.0 Å². The van der Waals surface area contributed by atoms with Gasteiger partial charge in [0.25, 0.3) is 0 Å². The lowest BCUT2D eigenvalue weighted by atomic mass is 10.9. The molecule has 0 aromatic rings. The van der Waals surface area contributed by atoms with Crippen LogP contribution in [0.3, 0.4) is 0 Å². The first kappa shape index (κ1) is 13.1. The van der Waals surface area contributed by atoms with Gasteiger partial charge in [-0.3, -0.25) is 9.99 Å². The van der Waals surface area contributed by atoms with Crippen molar-refractivity contribution in [3.05, 3.63) is 11.6 Å². The smallest absolute Gasteiger partial charge is 0.309 e. The van der Waals surface area contributed by atoms with Gasteiger partial charge >= 0.3 is 7.60 Å². The van der Waals surface area contributed by atoms with Gasteiger partial charge < -0.3 is 14.5 Å². The number of hydrazine groups is 2. The van der Waals surface area contributed by atoms with Crippen molar-refractivity contribution in [3.8, 4) is 0 Å². The highest BCUT2D eigenvalue weighted by atomic mass is 35.5. The third-order valence-electron chi connectivity index (χ3n) is 1.44. The molecule has 0 unspecified atom stereocenters. The molecule has 1 aliphatic heterocycles. The molecule has 0 aromatic carbocycles. The van der Waals surface area contributed by atoms with Gasteiger partial charge in [-0.1, -0.05) is 0 Å². The lowest BCUT2D eigenvalue weighted by Gasteiger charge is -2.17. The van der Waals surface area contributed by atoms with E-state index in [0.717, 1.165) is 0 Å². The molecule has 15 heavy (non-hydrogen) atoms. The number of alkyl halides is 2. The van der Waals surface area contributed by atoms with Crippen LogP contribution in [-0.4, -0.2) is 25.0 Å². The van der Waals surface area contributed by atoms with E-state index < -0.39 is 7.60 Å². The zero-order chi connectivity index (χ0) is 11.1. The van der Waals surface area contributed by atoms with Crippen molar-refractivity contribution < 1.29 is 13.6 Å². The molecule has 0 aliphatic carbocycles. The highest BCUT2D eigenvalue weighted by Crippen LogP contribution is 2.54. The van der Waals surface area contributed by atoms with Gasteiger partial charge in [0.05, 0.1) is 13.2 Å². The molecule has 6 nitrogen and oxygen atoms in total. The van der Waals surface area contributed by atoms with Gasteiger partial charge in [-0.05, 0) is 0 Å². The Morgan fingerprint density at radius 2 is 1.87 bits per heavy atom. The van der Waals surface area contributed by atoms with Crippen LogP contribution in [-0.2, 0) is 13.6 Å². The van der Waals surface area contributed by atoms with E-state index >= 15 is 0 Å². The fourth-order valence-electron chi connectivity index (χ4n) is 0.874. The van der Waals surface area contributed by atoms with Crippen LogP contribution in [0.2, 0.25) is 0 Å². The Balaban J connectivity index is 2.61. The molecule has 0 amide bonds. The van der Waals surface area contributed by atoms with E-state index in [-0.39, 0.29) is 25.0 Å². The largest absolute Gasteiger partial charge is 0.380 e. The van der Waals surface area contributed by atoms with Gasteiger partial charge in [0.1, 0.15) is 0 Å². The summed E-state index contributed by atoms with van der Waals surface area (Å²) >= 11 is 10.9. The number of halogens is 2. The first-order valence-corrected chi connectivity index (χ1v) is 6.82. The Kier molecular flexibility index (Phi) is 5.74. The molecule has 0 fully saturated rings. The zero-order valence-electron chi connectivity index (χ0n) is 7.83. The Labute approximate surface area is 97.8 Å². The Morgan fingerprint density at radius 1 is 1.27 bits per heavy atom. The van der Waals surface area contributed by atoms with E-state index in [4.69, 9.17) is 32.2 Å². The van der Waals surface area contributed by atoms with Crippen LogP contribution in [0.15, 0.2) is 11.6 Å². The Bertz CT molecular complexity index is 264. The SMILES string of the molecule is O=P(OCCCl)(OCCCl)C1=CNNN1. The van der Waals surface area contributed by atoms with Crippen molar-refractivity contribution in [2.24, 2.45) is 0 Å². The molecule has 0 atom stereocenters. The summed E-state index contributed by atoms with van der Waals surface area (Å²) in [6.45, 7) is 0.278. The summed E-state index contributed by atoms with van der Waals surface area (Å²) in [6.07, 6.45) is 1.46. The van der Waals surface area contributed by atoms with E-state index in [0.29, 0.717) is 5.44 Å². The van der Waals surface area contributed by atoms with Crippen LogP contribution >= 0.6 is 30.8 Å². The minimum Gasteiger partial charge on any atom is -0.309 e. The van der Waals surface area contributed by atoms with Crippen LogP contribution in [0.4, 0.5) is 0 Å². The predicted octanol–water partition coefficient (Wildman–Crippen LogP) is 1.10. The molecular weight excluding hydrogens is 264 g/mol. The van der Waals surface area contributed by atoms with Crippen LogP contribution < -0.4 is 16.4 Å². The summed E-state index contributed by atoms with van der Waals surface area (Å²) in [7, 11) is -3.34. The molecule has 0 radical (unpaired) electrons. The van der Waals surface area contributed by atoms with Gasteiger partial charge in [-0.25, -0.2) is 0 Å². The van der Waals surface area contributed by atoms with Crippen molar-refractivity contribution in [2.45, 2.75) is 0 Å². The lowest BCUT2D eigenvalue weighted by molar-refractivity contribution is 0.226. The lowest BCUT2D eigenvalue weighted by Crippen LogP contribution is -2.31. The number of hydrogen-bond acceptors (Lipinski definition) is 6. The molecule has 0 saturated heterocycles. The van der Waals surface area contributed by atoms with Crippen LogP contribution in [0.1, 0.15) is 0 Å². The number of hydrogen-bond donors (Lipinski definition) is 3. The molecule has 9 heteroatoms. The minimum absolute atomic E-state index is 0.139. The summed E-state index contributed by atoms with van der Waals surface area (Å²) in [5.74, 6) is 0.477. The van der Waals surface area contributed by atoms with Gasteiger partial charge in [0, 0.05) is 18.0 Å². The minimum atomic E-state index is -3.34. The molecule has 0 spiro atoms. The fraction of sp³-hybridized carbons (Fsp3) is 0.667. The van der Waals surface area contributed by atoms with Gasteiger partial charge in [0.15, 0.2) is 5.44 Å². The molecule has 0 aromatic heterocycles. The van der Waals surface area contributed by atoms with Gasteiger partial charge in [-0.15, -0.1) is 23.2 Å². The van der Waals surface area contributed by atoms with Crippen molar-refractivity contribution in [3.63, 3.8) is 0 Å². The second-order valence-corrected chi connectivity index (χ2v) is 5.21. The first-order chi connectivity index (χ1) is 7.23. The van der Waals surface area contributed by atoms with Crippen molar-refractivity contribution in [1.82, 2.24) is 16.4 Å². The quantitative estimate of drug-likeness (QED) is 0.478. The van der Waals surface area contributed by atoms with E-state index in [1.807, 2.05) is 0 Å². The average Bonchev–Trinajstić information content (AvgIpc) is 2.77. The summed E-state index contributed by atoms with van der Waals surface area (Å²) in [5, 5.41) is 0. The summed E-state index contributed by atoms with van der Waals surface area (Å²) < 4.78 is 22.4. The highest BCUT2D eigenvalue weighted by molar-refractivity contribution is 7.58. The highest BCUT2D eigenvalue weighted by Gasteiger charge is 2.32. The van der Waals surface area contributed by atoms with E-state index in [1.165, 1.54) is 6.20 Å². The van der Waals surface area contributed by atoms with E-state index in [2.05, 4.69) is 16.4 Å². The molecule has 88 valence electrons. The van der Waals surface area contributed by atoms with Crippen LogP contribution in [0, 0.1) is 0 Å². The maximum absolute atomic E-state index is 12.2. The summed E-state index contributed by atoms with van der Waals surface area (Å²) in [5.41, 5.74) is 8.07. The maximum atomic E-state index is 12.2. The topological polar surface area (TPSA) is 71.6 Å². The molecule has 1 heterocycles. The third kappa shape index (κ3) is 3.83. The van der Waals surface area contributed by atoms with Crippen molar-refractivity contribution in [1.29, 1.82) is 0 Å². The summed E-state index contributed by atoms with van der Waals surface area (Å²) in [6, 6.07) is 0. The van der Waals surface area contributed by atoms with Crippen molar-refractivity contribution >= 4 is 30.8 Å². The number of rotatable bonds is 7. The van der Waals surface area contributed by atoms with E-state index in [9.17, 15) is 4.57 Å². The van der Waals surface area contributed by atoms with E-state index in [1.54, 1.807) is 0 Å². The molecule has 1 rings (SSSR count). The monoisotopic (exact) mass is 275 g/mol. The Hall–Kier alpha value is 0.0300. The molecular formula is C6H12Cl2N3O3P. The zero-order valence-corrected chi connectivity index (χ0v) is 10.2. The van der Waals surface area contributed by atoms with Gasteiger partial charge in [-0.2, -0.15) is 5.53 Å².